The molecule has 0 aromatic carbocycles. The molecule has 0 N–H and O–H groups in total. The van der Waals surface area contributed by atoms with Crippen LogP contribution in [0.4, 0.5) is 0 Å². The van der Waals surface area contributed by atoms with Crippen molar-refractivity contribution in [3.8, 4) is 0 Å². The Morgan fingerprint density at radius 3 is 2.50 bits per heavy atom. The van der Waals surface area contributed by atoms with Gasteiger partial charge in [-0.2, -0.15) is 8.42 Å². The van der Waals surface area contributed by atoms with Crippen molar-refractivity contribution in [2.45, 2.75) is 19.3 Å². The lowest BCUT2D eigenvalue weighted by Gasteiger charge is -1.80. The molecule has 0 rings (SSSR count). The largest absolute Gasteiger partial charge is 0.209 e. The van der Waals surface area contributed by atoms with Gasteiger partial charge in [0.05, 0.1) is 0 Å². The predicted molar refractivity (Wildman–Crippen MR) is 34.2 cm³/mol. The summed E-state index contributed by atoms with van der Waals surface area (Å²) in [7, 11) is -1.97. The average molecular weight is 133 g/mol. The highest BCUT2D eigenvalue weighted by atomic mass is 32.2. The lowest BCUT2D eigenvalue weighted by molar-refractivity contribution is 0.627. The molecule has 0 aromatic heterocycles. The smallest absolute Gasteiger partial charge is 0.185 e. The Balaban J connectivity index is 3.31. The van der Waals surface area contributed by atoms with Crippen molar-refractivity contribution in [3.63, 3.8) is 0 Å². The molecule has 0 unspecified atom stereocenters. The number of hydrogen-bond donors (Lipinski definition) is 0. The maximum Gasteiger partial charge on any atom is 0.209 e. The SMILES string of the molecule is [CH2]CCCC=S(=O)=O. The minimum Gasteiger partial charge on any atom is -0.185 e. The highest BCUT2D eigenvalue weighted by Crippen LogP contribution is 1.87. The first-order chi connectivity index (χ1) is 3.77. The summed E-state index contributed by atoms with van der Waals surface area (Å²) in [5.74, 6) is 0. The second-order valence-corrected chi connectivity index (χ2v) is 2.28. The standard InChI is InChI=1S/C5H9O2S/c1-2-3-4-5-8(6)7/h5H,1-4H2. The maximum absolute atomic E-state index is 9.80. The monoisotopic (exact) mass is 133 g/mol. The van der Waals surface area contributed by atoms with Gasteiger partial charge in [0.25, 0.3) is 0 Å². The molecule has 0 heterocycles. The molecule has 0 saturated heterocycles. The molecule has 0 bridgehead atoms. The van der Waals surface area contributed by atoms with Crippen molar-refractivity contribution in [3.05, 3.63) is 6.92 Å². The lowest BCUT2D eigenvalue weighted by Crippen LogP contribution is -1.74. The molecular formula is C5H9O2S. The third-order valence-electron chi connectivity index (χ3n) is 0.708. The molecule has 0 fully saturated rings. The summed E-state index contributed by atoms with van der Waals surface area (Å²) in [5, 5.41) is 1.26. The van der Waals surface area contributed by atoms with E-state index in [-0.39, 0.29) is 0 Å². The number of hydrogen-bond acceptors (Lipinski definition) is 2. The molecule has 8 heavy (non-hydrogen) atoms. The molecule has 1 radical (unpaired) electrons. The second-order valence-electron chi connectivity index (χ2n) is 1.42. The molecule has 3 heteroatoms. The van der Waals surface area contributed by atoms with E-state index in [1.807, 2.05) is 0 Å². The Bertz CT molecular complexity index is 147. The van der Waals surface area contributed by atoms with Crippen LogP contribution in [0.15, 0.2) is 0 Å². The third-order valence-corrected chi connectivity index (χ3v) is 1.22. The van der Waals surface area contributed by atoms with Crippen molar-refractivity contribution >= 4 is 15.7 Å². The molecule has 0 amide bonds. The van der Waals surface area contributed by atoms with Crippen molar-refractivity contribution in [2.24, 2.45) is 0 Å². The van der Waals surface area contributed by atoms with Gasteiger partial charge < -0.3 is 0 Å². The summed E-state index contributed by atoms with van der Waals surface area (Å²) in [6.07, 6.45) is 2.28. The van der Waals surface area contributed by atoms with Gasteiger partial charge in [-0.3, -0.25) is 0 Å². The predicted octanol–water partition coefficient (Wildman–Crippen LogP) is 0.672. The molecule has 0 spiro atoms. The van der Waals surface area contributed by atoms with E-state index in [0.717, 1.165) is 12.8 Å². The van der Waals surface area contributed by atoms with Gasteiger partial charge in [0.15, 0.2) is 0 Å². The minimum absolute atomic E-state index is 0.625. The minimum atomic E-state index is -1.97. The van der Waals surface area contributed by atoms with E-state index in [4.69, 9.17) is 0 Å². The summed E-state index contributed by atoms with van der Waals surface area (Å²) in [4.78, 5) is 0. The summed E-state index contributed by atoms with van der Waals surface area (Å²) in [5.41, 5.74) is 0. The van der Waals surface area contributed by atoms with Gasteiger partial charge in [-0.1, -0.05) is 13.3 Å². The van der Waals surface area contributed by atoms with Gasteiger partial charge >= 0.3 is 0 Å². The normalized spacial score (nSPS) is 8.62. The van der Waals surface area contributed by atoms with E-state index in [9.17, 15) is 8.42 Å². The third kappa shape index (κ3) is 5.69. The van der Waals surface area contributed by atoms with Crippen molar-refractivity contribution in [2.75, 3.05) is 0 Å². The summed E-state index contributed by atoms with van der Waals surface area (Å²) in [6.45, 7) is 3.56. The van der Waals surface area contributed by atoms with Crippen LogP contribution in [0.5, 0.6) is 0 Å². The molecular weight excluding hydrogens is 124 g/mol. The number of rotatable bonds is 3. The van der Waals surface area contributed by atoms with Gasteiger partial charge in [0.1, 0.15) is 0 Å². The van der Waals surface area contributed by atoms with Crippen molar-refractivity contribution in [1.82, 2.24) is 0 Å². The fraction of sp³-hybridized carbons (Fsp3) is 0.600. The highest BCUT2D eigenvalue weighted by molar-refractivity contribution is 7.71. The van der Waals surface area contributed by atoms with Crippen LogP contribution < -0.4 is 0 Å². The van der Waals surface area contributed by atoms with Crippen LogP contribution in [-0.2, 0) is 10.3 Å². The number of unbranched alkanes of at least 4 members (excludes halogenated alkanes) is 2. The molecule has 0 saturated carbocycles. The average Bonchev–Trinajstić information content (AvgIpc) is 1.66. The van der Waals surface area contributed by atoms with Gasteiger partial charge in [-0.15, -0.1) is 0 Å². The summed E-state index contributed by atoms with van der Waals surface area (Å²) >= 11 is 0. The van der Waals surface area contributed by atoms with E-state index < -0.39 is 10.3 Å². The molecule has 0 aliphatic rings. The van der Waals surface area contributed by atoms with Crippen LogP contribution >= 0.6 is 0 Å². The van der Waals surface area contributed by atoms with Crippen LogP contribution in [-0.4, -0.2) is 13.8 Å². The Hall–Kier alpha value is -0.310. The molecule has 0 aromatic rings. The van der Waals surface area contributed by atoms with Crippen LogP contribution in [0.2, 0.25) is 0 Å². The fourth-order valence-corrected chi connectivity index (χ4v) is 0.683. The zero-order chi connectivity index (χ0) is 6.41. The Labute approximate surface area is 51.1 Å². The van der Waals surface area contributed by atoms with Gasteiger partial charge in [0.2, 0.25) is 10.3 Å². The van der Waals surface area contributed by atoms with E-state index in [2.05, 4.69) is 6.92 Å². The van der Waals surface area contributed by atoms with E-state index >= 15 is 0 Å². The van der Waals surface area contributed by atoms with Gasteiger partial charge in [-0.05, 0) is 12.8 Å². The Morgan fingerprint density at radius 2 is 2.12 bits per heavy atom. The van der Waals surface area contributed by atoms with E-state index in [0.29, 0.717) is 6.42 Å². The molecule has 2 nitrogen and oxygen atoms in total. The van der Waals surface area contributed by atoms with Crippen LogP contribution in [0, 0.1) is 6.92 Å². The molecule has 0 aliphatic heterocycles. The Morgan fingerprint density at radius 1 is 1.50 bits per heavy atom. The maximum atomic E-state index is 9.80. The zero-order valence-corrected chi connectivity index (χ0v) is 5.45. The topological polar surface area (TPSA) is 34.1 Å². The molecule has 0 aliphatic carbocycles. The fourth-order valence-electron chi connectivity index (χ4n) is 0.324. The van der Waals surface area contributed by atoms with Crippen LogP contribution in [0.1, 0.15) is 19.3 Å². The Kier molecular flexibility index (Phi) is 4.65. The van der Waals surface area contributed by atoms with Gasteiger partial charge in [-0.25, -0.2) is 0 Å². The first-order valence-corrected chi connectivity index (χ1v) is 3.62. The summed E-state index contributed by atoms with van der Waals surface area (Å²) in [6, 6.07) is 0. The lowest BCUT2D eigenvalue weighted by atomic mass is 10.3. The van der Waals surface area contributed by atoms with Crippen LogP contribution in [0.25, 0.3) is 0 Å². The first kappa shape index (κ1) is 7.69. The molecule has 47 valence electrons. The molecule has 0 atom stereocenters. The quantitative estimate of drug-likeness (QED) is 0.419. The van der Waals surface area contributed by atoms with Gasteiger partial charge in [0, 0.05) is 5.37 Å². The van der Waals surface area contributed by atoms with Crippen LogP contribution in [0.3, 0.4) is 0 Å². The van der Waals surface area contributed by atoms with Crippen molar-refractivity contribution in [1.29, 1.82) is 0 Å². The summed E-state index contributed by atoms with van der Waals surface area (Å²) < 4.78 is 19.6. The zero-order valence-electron chi connectivity index (χ0n) is 4.63. The van der Waals surface area contributed by atoms with E-state index in [1.54, 1.807) is 0 Å². The second kappa shape index (κ2) is 4.84. The van der Waals surface area contributed by atoms with Crippen molar-refractivity contribution < 1.29 is 8.42 Å². The highest BCUT2D eigenvalue weighted by Gasteiger charge is 1.77. The van der Waals surface area contributed by atoms with E-state index in [1.165, 1.54) is 5.37 Å². The first-order valence-electron chi connectivity index (χ1n) is 2.48.